The van der Waals surface area contributed by atoms with E-state index in [4.69, 9.17) is 0 Å². The van der Waals surface area contributed by atoms with Crippen LogP contribution in [-0.4, -0.2) is 24.0 Å². The fourth-order valence-corrected chi connectivity index (χ4v) is 3.92. The second-order valence-corrected chi connectivity index (χ2v) is 6.21. The van der Waals surface area contributed by atoms with Crippen LogP contribution >= 0.6 is 0 Å². The summed E-state index contributed by atoms with van der Waals surface area (Å²) in [6.07, 6.45) is 11.8. The lowest BCUT2D eigenvalue weighted by Crippen LogP contribution is -2.42. The molecule has 2 fully saturated rings. The number of likely N-dealkylation sites (tertiary alicyclic amines) is 1. The van der Waals surface area contributed by atoms with Crippen molar-refractivity contribution in [1.29, 1.82) is 5.26 Å². The van der Waals surface area contributed by atoms with Crippen molar-refractivity contribution >= 4 is 0 Å². The molecular weight excluding hydrogens is 220 g/mol. The Labute approximate surface area is 112 Å². The SMILES string of the molecule is CCCC1CCCN(C2CCCCC2C#N)CC1. The maximum atomic E-state index is 9.32. The van der Waals surface area contributed by atoms with Crippen LogP contribution in [0.2, 0.25) is 0 Å². The monoisotopic (exact) mass is 248 g/mol. The third-order valence-electron chi connectivity index (χ3n) is 4.94. The molecule has 1 saturated heterocycles. The zero-order valence-corrected chi connectivity index (χ0v) is 11.9. The van der Waals surface area contributed by atoms with Crippen LogP contribution in [0.15, 0.2) is 0 Å². The highest BCUT2D eigenvalue weighted by Crippen LogP contribution is 2.31. The highest BCUT2D eigenvalue weighted by atomic mass is 15.2. The molecule has 2 aliphatic rings. The Morgan fingerprint density at radius 3 is 2.67 bits per heavy atom. The van der Waals surface area contributed by atoms with Crippen LogP contribution in [0, 0.1) is 23.2 Å². The minimum Gasteiger partial charge on any atom is -0.299 e. The Balaban J connectivity index is 1.90. The summed E-state index contributed by atoms with van der Waals surface area (Å²) in [5.41, 5.74) is 0. The molecule has 0 radical (unpaired) electrons. The third kappa shape index (κ3) is 3.48. The van der Waals surface area contributed by atoms with E-state index in [9.17, 15) is 5.26 Å². The Bertz CT molecular complexity index is 281. The molecule has 102 valence electrons. The van der Waals surface area contributed by atoms with Gasteiger partial charge in [0.15, 0.2) is 0 Å². The van der Waals surface area contributed by atoms with Crippen LogP contribution in [0.1, 0.15) is 64.7 Å². The first-order chi connectivity index (χ1) is 8.85. The molecule has 0 aromatic carbocycles. The summed E-state index contributed by atoms with van der Waals surface area (Å²) in [6.45, 7) is 4.78. The first-order valence-electron chi connectivity index (χ1n) is 7.98. The second-order valence-electron chi connectivity index (χ2n) is 6.21. The van der Waals surface area contributed by atoms with Crippen LogP contribution in [0.25, 0.3) is 0 Å². The molecule has 3 unspecified atom stereocenters. The van der Waals surface area contributed by atoms with Crippen LogP contribution < -0.4 is 0 Å². The van der Waals surface area contributed by atoms with Crippen molar-refractivity contribution in [3.8, 4) is 6.07 Å². The standard InChI is InChI=1S/C16H28N2/c1-2-6-14-7-5-11-18(12-10-14)16-9-4-3-8-15(16)13-17/h14-16H,2-12H2,1H3. The fraction of sp³-hybridized carbons (Fsp3) is 0.938. The van der Waals surface area contributed by atoms with E-state index in [1.807, 2.05) is 0 Å². The van der Waals surface area contributed by atoms with Crippen molar-refractivity contribution in [3.63, 3.8) is 0 Å². The van der Waals surface area contributed by atoms with E-state index in [1.165, 1.54) is 64.5 Å². The molecule has 2 rings (SSSR count). The zero-order chi connectivity index (χ0) is 12.8. The largest absolute Gasteiger partial charge is 0.299 e. The molecule has 0 aromatic rings. The second kappa shape index (κ2) is 7.14. The maximum absolute atomic E-state index is 9.32. The van der Waals surface area contributed by atoms with Gasteiger partial charge in [-0.3, -0.25) is 4.90 Å². The van der Waals surface area contributed by atoms with Gasteiger partial charge in [-0.25, -0.2) is 0 Å². The lowest BCUT2D eigenvalue weighted by Gasteiger charge is -2.36. The zero-order valence-electron chi connectivity index (χ0n) is 11.9. The molecule has 0 aromatic heterocycles. The Morgan fingerprint density at radius 1 is 1.06 bits per heavy atom. The molecule has 0 N–H and O–H groups in total. The molecule has 3 atom stereocenters. The van der Waals surface area contributed by atoms with Crippen molar-refractivity contribution in [1.82, 2.24) is 4.90 Å². The number of nitrogens with zero attached hydrogens (tertiary/aromatic N) is 2. The average molecular weight is 248 g/mol. The highest BCUT2D eigenvalue weighted by molar-refractivity contribution is 4.96. The summed E-state index contributed by atoms with van der Waals surface area (Å²) in [5.74, 6) is 1.26. The fourth-order valence-electron chi connectivity index (χ4n) is 3.92. The molecule has 2 heteroatoms. The van der Waals surface area contributed by atoms with Crippen molar-refractivity contribution in [2.75, 3.05) is 13.1 Å². The van der Waals surface area contributed by atoms with Gasteiger partial charge in [-0.05, 0) is 51.1 Å². The summed E-state index contributed by atoms with van der Waals surface area (Å²) in [6, 6.07) is 3.14. The summed E-state index contributed by atoms with van der Waals surface area (Å²) >= 11 is 0. The van der Waals surface area contributed by atoms with E-state index in [0.29, 0.717) is 12.0 Å². The van der Waals surface area contributed by atoms with Gasteiger partial charge >= 0.3 is 0 Å². The summed E-state index contributed by atoms with van der Waals surface area (Å²) in [5, 5.41) is 9.32. The molecule has 0 spiro atoms. The molecule has 1 heterocycles. The van der Waals surface area contributed by atoms with Gasteiger partial charge < -0.3 is 0 Å². The van der Waals surface area contributed by atoms with Crippen LogP contribution in [0.5, 0.6) is 0 Å². The number of hydrogen-bond acceptors (Lipinski definition) is 2. The Morgan fingerprint density at radius 2 is 1.89 bits per heavy atom. The molecule has 2 nitrogen and oxygen atoms in total. The van der Waals surface area contributed by atoms with Gasteiger partial charge in [-0.1, -0.05) is 32.6 Å². The third-order valence-corrected chi connectivity index (χ3v) is 4.94. The van der Waals surface area contributed by atoms with Gasteiger partial charge in [0.2, 0.25) is 0 Å². The van der Waals surface area contributed by atoms with Crippen molar-refractivity contribution < 1.29 is 0 Å². The van der Waals surface area contributed by atoms with Gasteiger partial charge in [0, 0.05) is 6.04 Å². The predicted octanol–water partition coefficient (Wildman–Crippen LogP) is 3.97. The normalized spacial score (nSPS) is 34.8. The van der Waals surface area contributed by atoms with E-state index in [2.05, 4.69) is 17.9 Å². The molecular formula is C16H28N2. The van der Waals surface area contributed by atoms with Gasteiger partial charge in [0.25, 0.3) is 0 Å². The Kier molecular flexibility index (Phi) is 5.50. The van der Waals surface area contributed by atoms with Crippen LogP contribution in [-0.2, 0) is 0 Å². The lowest BCUT2D eigenvalue weighted by molar-refractivity contribution is 0.130. The van der Waals surface area contributed by atoms with E-state index in [-0.39, 0.29) is 0 Å². The minimum atomic E-state index is 0.307. The molecule has 1 aliphatic heterocycles. The Hall–Kier alpha value is -0.550. The maximum Gasteiger partial charge on any atom is 0.0672 e. The van der Waals surface area contributed by atoms with E-state index < -0.39 is 0 Å². The first-order valence-corrected chi connectivity index (χ1v) is 7.98. The summed E-state index contributed by atoms with van der Waals surface area (Å²) in [7, 11) is 0. The molecule has 0 amide bonds. The number of nitriles is 1. The predicted molar refractivity (Wildman–Crippen MR) is 75.2 cm³/mol. The summed E-state index contributed by atoms with van der Waals surface area (Å²) < 4.78 is 0. The molecule has 18 heavy (non-hydrogen) atoms. The van der Waals surface area contributed by atoms with Crippen molar-refractivity contribution in [2.24, 2.45) is 11.8 Å². The smallest absolute Gasteiger partial charge is 0.0672 e. The van der Waals surface area contributed by atoms with Crippen LogP contribution in [0.4, 0.5) is 0 Å². The lowest BCUT2D eigenvalue weighted by atomic mass is 9.84. The quantitative estimate of drug-likeness (QED) is 0.755. The summed E-state index contributed by atoms with van der Waals surface area (Å²) in [4.78, 5) is 2.66. The van der Waals surface area contributed by atoms with E-state index in [0.717, 1.165) is 12.3 Å². The van der Waals surface area contributed by atoms with Crippen molar-refractivity contribution in [2.45, 2.75) is 70.8 Å². The molecule has 1 saturated carbocycles. The van der Waals surface area contributed by atoms with Gasteiger partial charge in [-0.2, -0.15) is 5.26 Å². The van der Waals surface area contributed by atoms with Gasteiger partial charge in [0.1, 0.15) is 0 Å². The topological polar surface area (TPSA) is 27.0 Å². The first kappa shape index (κ1) is 13.9. The minimum absolute atomic E-state index is 0.307. The van der Waals surface area contributed by atoms with Crippen molar-refractivity contribution in [3.05, 3.63) is 0 Å². The molecule has 0 bridgehead atoms. The number of rotatable bonds is 3. The van der Waals surface area contributed by atoms with E-state index in [1.54, 1.807) is 0 Å². The van der Waals surface area contributed by atoms with Gasteiger partial charge in [-0.15, -0.1) is 0 Å². The molecule has 1 aliphatic carbocycles. The highest BCUT2D eigenvalue weighted by Gasteiger charge is 2.31. The average Bonchev–Trinajstić information content (AvgIpc) is 2.65. The van der Waals surface area contributed by atoms with E-state index >= 15 is 0 Å². The number of hydrogen-bond donors (Lipinski definition) is 0. The van der Waals surface area contributed by atoms with Crippen LogP contribution in [0.3, 0.4) is 0 Å². The van der Waals surface area contributed by atoms with Gasteiger partial charge in [0.05, 0.1) is 12.0 Å².